The van der Waals surface area contributed by atoms with E-state index in [0.29, 0.717) is 11.3 Å². The number of rotatable bonds is 5. The number of hydrogen-bond acceptors (Lipinski definition) is 5. The number of nitrogens with two attached hydrogens (primary N) is 1. The Morgan fingerprint density at radius 2 is 2.15 bits per heavy atom. The molecule has 0 saturated carbocycles. The highest BCUT2D eigenvalue weighted by Crippen LogP contribution is 2.29. The van der Waals surface area contributed by atoms with Crippen molar-refractivity contribution in [2.24, 2.45) is 0 Å². The highest BCUT2D eigenvalue weighted by Gasteiger charge is 2.16. The van der Waals surface area contributed by atoms with Crippen molar-refractivity contribution in [3.05, 3.63) is 46.2 Å². The fraction of sp³-hybridized carbons (Fsp3) is 0.267. The molecule has 0 atom stereocenters. The van der Waals surface area contributed by atoms with E-state index in [1.165, 1.54) is 12.0 Å². The number of nitrogens with zero attached hydrogens (tertiary/aromatic N) is 1. The molecular weight excluding hydrogens is 272 g/mol. The van der Waals surface area contributed by atoms with E-state index in [1.807, 2.05) is 18.2 Å². The molecule has 106 valence electrons. The number of esters is 1. The minimum atomic E-state index is -0.406. The van der Waals surface area contributed by atoms with Crippen LogP contribution in [0.25, 0.3) is 0 Å². The smallest absolute Gasteiger partial charge is 0.340 e. The van der Waals surface area contributed by atoms with Crippen LogP contribution in [-0.4, -0.2) is 19.6 Å². The monoisotopic (exact) mass is 290 g/mol. The molecule has 0 amide bonds. The van der Waals surface area contributed by atoms with Gasteiger partial charge in [0.25, 0.3) is 0 Å². The first kappa shape index (κ1) is 14.4. The Kier molecular flexibility index (Phi) is 4.63. The van der Waals surface area contributed by atoms with E-state index in [9.17, 15) is 4.79 Å². The molecule has 0 fully saturated rings. The number of nitrogen functional groups attached to an aromatic ring is 1. The van der Waals surface area contributed by atoms with Gasteiger partial charge in [0.1, 0.15) is 0 Å². The van der Waals surface area contributed by atoms with Crippen molar-refractivity contribution in [3.63, 3.8) is 0 Å². The zero-order valence-electron chi connectivity index (χ0n) is 11.6. The standard InChI is InChI=1S/C15H18N2O2S/c1-3-17(10-11-6-5-9-20-11)13-8-4-7-12(14(13)16)15(18)19-2/h4-9H,3,10,16H2,1-2H3. The molecule has 0 bridgehead atoms. The molecule has 1 aromatic carbocycles. The van der Waals surface area contributed by atoms with Crippen LogP contribution < -0.4 is 10.6 Å². The van der Waals surface area contributed by atoms with Gasteiger partial charge in [0, 0.05) is 11.4 Å². The molecule has 20 heavy (non-hydrogen) atoms. The van der Waals surface area contributed by atoms with Crippen LogP contribution in [0.5, 0.6) is 0 Å². The number of carbonyl (C=O) groups excluding carboxylic acids is 1. The van der Waals surface area contributed by atoms with Gasteiger partial charge in [0.2, 0.25) is 0 Å². The van der Waals surface area contributed by atoms with E-state index < -0.39 is 5.97 Å². The van der Waals surface area contributed by atoms with Crippen LogP contribution in [0.2, 0.25) is 0 Å². The largest absolute Gasteiger partial charge is 0.465 e. The summed E-state index contributed by atoms with van der Waals surface area (Å²) in [6.07, 6.45) is 0. The van der Waals surface area contributed by atoms with Gasteiger partial charge in [-0.25, -0.2) is 4.79 Å². The number of hydrogen-bond donors (Lipinski definition) is 1. The minimum absolute atomic E-state index is 0.406. The third-order valence-electron chi connectivity index (χ3n) is 3.14. The van der Waals surface area contributed by atoms with Crippen molar-refractivity contribution in [1.82, 2.24) is 0 Å². The summed E-state index contributed by atoms with van der Waals surface area (Å²) >= 11 is 1.71. The minimum Gasteiger partial charge on any atom is -0.465 e. The molecule has 0 spiro atoms. The van der Waals surface area contributed by atoms with Crippen molar-refractivity contribution in [1.29, 1.82) is 0 Å². The fourth-order valence-electron chi connectivity index (χ4n) is 2.07. The third-order valence-corrected chi connectivity index (χ3v) is 4.00. The quantitative estimate of drug-likeness (QED) is 0.679. The fourth-order valence-corrected chi connectivity index (χ4v) is 2.79. The lowest BCUT2D eigenvalue weighted by atomic mass is 10.1. The predicted octanol–water partition coefficient (Wildman–Crippen LogP) is 3.14. The SMILES string of the molecule is CCN(Cc1cccs1)c1cccc(C(=O)OC)c1N. The van der Waals surface area contributed by atoms with Crippen LogP contribution in [0.1, 0.15) is 22.2 Å². The van der Waals surface area contributed by atoms with E-state index >= 15 is 0 Å². The van der Waals surface area contributed by atoms with E-state index in [0.717, 1.165) is 18.8 Å². The van der Waals surface area contributed by atoms with Crippen LogP contribution in [0.15, 0.2) is 35.7 Å². The summed E-state index contributed by atoms with van der Waals surface area (Å²) in [7, 11) is 1.36. The lowest BCUT2D eigenvalue weighted by molar-refractivity contribution is 0.0602. The van der Waals surface area contributed by atoms with Crippen molar-refractivity contribution < 1.29 is 9.53 Å². The van der Waals surface area contributed by atoms with Crippen LogP contribution in [0.3, 0.4) is 0 Å². The molecule has 0 aliphatic heterocycles. The Labute approximate surface area is 122 Å². The second-order valence-corrected chi connectivity index (χ2v) is 5.36. The molecule has 2 aromatic rings. The summed E-state index contributed by atoms with van der Waals surface area (Å²) in [5, 5.41) is 2.05. The molecule has 1 aromatic heterocycles. The van der Waals surface area contributed by atoms with Crippen molar-refractivity contribution in [2.45, 2.75) is 13.5 Å². The number of methoxy groups -OCH3 is 1. The van der Waals surface area contributed by atoms with Crippen molar-refractivity contribution in [2.75, 3.05) is 24.3 Å². The molecule has 2 rings (SSSR count). The topological polar surface area (TPSA) is 55.6 Å². The van der Waals surface area contributed by atoms with E-state index in [1.54, 1.807) is 17.4 Å². The first-order valence-corrected chi connectivity index (χ1v) is 7.29. The molecule has 5 heteroatoms. The Morgan fingerprint density at radius 3 is 2.75 bits per heavy atom. The summed E-state index contributed by atoms with van der Waals surface area (Å²) in [6.45, 7) is 3.66. The average molecular weight is 290 g/mol. The Hall–Kier alpha value is -2.01. The number of benzene rings is 1. The van der Waals surface area contributed by atoms with E-state index in [-0.39, 0.29) is 0 Å². The van der Waals surface area contributed by atoms with Gasteiger partial charge in [-0.05, 0) is 30.5 Å². The molecule has 0 aliphatic rings. The van der Waals surface area contributed by atoms with Crippen LogP contribution in [-0.2, 0) is 11.3 Å². The van der Waals surface area contributed by atoms with E-state index in [2.05, 4.69) is 23.3 Å². The number of carbonyl (C=O) groups is 1. The van der Waals surface area contributed by atoms with Gasteiger partial charge in [-0.2, -0.15) is 0 Å². The van der Waals surface area contributed by atoms with Crippen molar-refractivity contribution >= 4 is 28.7 Å². The maximum atomic E-state index is 11.7. The molecule has 4 nitrogen and oxygen atoms in total. The summed E-state index contributed by atoms with van der Waals surface area (Å²) in [6, 6.07) is 9.56. The maximum absolute atomic E-state index is 11.7. The van der Waals surface area contributed by atoms with Gasteiger partial charge in [-0.1, -0.05) is 12.1 Å². The van der Waals surface area contributed by atoms with Gasteiger partial charge < -0.3 is 15.4 Å². The van der Waals surface area contributed by atoms with Gasteiger partial charge in [0.15, 0.2) is 0 Å². The lowest BCUT2D eigenvalue weighted by Gasteiger charge is -2.24. The van der Waals surface area contributed by atoms with Crippen LogP contribution >= 0.6 is 11.3 Å². The molecule has 0 radical (unpaired) electrons. The maximum Gasteiger partial charge on any atom is 0.340 e. The highest BCUT2D eigenvalue weighted by molar-refractivity contribution is 7.09. The van der Waals surface area contributed by atoms with Crippen LogP contribution in [0.4, 0.5) is 11.4 Å². The molecule has 0 aliphatic carbocycles. The van der Waals surface area contributed by atoms with Crippen molar-refractivity contribution in [3.8, 4) is 0 Å². The second kappa shape index (κ2) is 6.43. The highest BCUT2D eigenvalue weighted by atomic mass is 32.1. The molecule has 1 heterocycles. The second-order valence-electron chi connectivity index (χ2n) is 4.32. The van der Waals surface area contributed by atoms with E-state index in [4.69, 9.17) is 10.5 Å². The number of thiophene rings is 1. The average Bonchev–Trinajstić information content (AvgIpc) is 2.97. The number of para-hydroxylation sites is 1. The molecule has 0 saturated heterocycles. The summed E-state index contributed by atoms with van der Waals surface area (Å²) in [5.41, 5.74) is 7.87. The van der Waals surface area contributed by atoms with Gasteiger partial charge in [-0.15, -0.1) is 11.3 Å². The number of anilines is 2. The first-order chi connectivity index (χ1) is 9.67. The predicted molar refractivity (Wildman–Crippen MR) is 83.2 cm³/mol. The summed E-state index contributed by atoms with van der Waals surface area (Å²) < 4.78 is 4.76. The Balaban J connectivity index is 2.32. The van der Waals surface area contributed by atoms with Gasteiger partial charge in [0.05, 0.1) is 30.6 Å². The van der Waals surface area contributed by atoms with Gasteiger partial charge >= 0.3 is 5.97 Å². The van der Waals surface area contributed by atoms with Crippen LogP contribution in [0, 0.1) is 0 Å². The summed E-state index contributed by atoms with van der Waals surface area (Å²) in [5.74, 6) is -0.406. The zero-order valence-corrected chi connectivity index (χ0v) is 12.4. The number of ether oxygens (including phenoxy) is 1. The van der Waals surface area contributed by atoms with Gasteiger partial charge in [-0.3, -0.25) is 0 Å². The molecule has 0 unspecified atom stereocenters. The lowest BCUT2D eigenvalue weighted by Crippen LogP contribution is -2.23. The third kappa shape index (κ3) is 2.93. The normalized spacial score (nSPS) is 10.3. The zero-order chi connectivity index (χ0) is 14.5. The molecular formula is C15H18N2O2S. The Bertz CT molecular complexity index is 582. The molecule has 2 N–H and O–H groups in total. The Morgan fingerprint density at radius 1 is 1.35 bits per heavy atom. The first-order valence-electron chi connectivity index (χ1n) is 6.41. The summed E-state index contributed by atoms with van der Waals surface area (Å²) in [4.78, 5) is 15.1.